The second-order valence-corrected chi connectivity index (χ2v) is 5.90. The molecule has 0 heterocycles. The van der Waals surface area contributed by atoms with Crippen molar-refractivity contribution in [1.29, 1.82) is 0 Å². The van der Waals surface area contributed by atoms with Crippen molar-refractivity contribution in [3.05, 3.63) is 63.1 Å². The van der Waals surface area contributed by atoms with Crippen LogP contribution >= 0.6 is 27.5 Å². The lowest BCUT2D eigenvalue weighted by atomic mass is 10.0. The van der Waals surface area contributed by atoms with E-state index in [1.54, 1.807) is 0 Å². The third-order valence-electron chi connectivity index (χ3n) is 3.16. The minimum absolute atomic E-state index is 0.00779. The van der Waals surface area contributed by atoms with Gasteiger partial charge in [0.25, 0.3) is 0 Å². The van der Waals surface area contributed by atoms with Crippen LogP contribution in [0.25, 0.3) is 0 Å². The third-order valence-corrected chi connectivity index (χ3v) is 4.00. The lowest BCUT2D eigenvalue weighted by Gasteiger charge is -2.16. The van der Waals surface area contributed by atoms with Crippen LogP contribution in [0.3, 0.4) is 0 Å². The molecule has 0 unspecified atom stereocenters. The second kappa shape index (κ2) is 7.11. The maximum Gasteiger partial charge on any atom is 0.124 e. The monoisotopic (exact) mass is 353 g/mol. The Bertz CT molecular complexity index is 588. The van der Waals surface area contributed by atoms with Crippen LogP contribution in [0, 0.1) is 0 Å². The van der Waals surface area contributed by atoms with E-state index in [-0.39, 0.29) is 6.04 Å². The highest BCUT2D eigenvalue weighted by Gasteiger charge is 2.10. The van der Waals surface area contributed by atoms with Crippen LogP contribution in [0.2, 0.25) is 5.02 Å². The Kier molecular flexibility index (Phi) is 5.46. The molecule has 0 aliphatic carbocycles. The molecular weight excluding hydrogens is 338 g/mol. The third kappa shape index (κ3) is 3.75. The summed E-state index contributed by atoms with van der Waals surface area (Å²) < 4.78 is 6.85. The standard InChI is InChI=1S/C16H17BrClNO/c1-2-15(19)13-5-3-4-6-16(13)20-10-11-7-8-12(17)9-14(11)18/h3-9,15H,2,10,19H2,1H3/t15-/m1/s1. The van der Waals surface area contributed by atoms with Crippen LogP contribution in [0.5, 0.6) is 5.75 Å². The van der Waals surface area contributed by atoms with Crippen molar-refractivity contribution >= 4 is 27.5 Å². The number of para-hydroxylation sites is 1. The predicted molar refractivity (Wildman–Crippen MR) is 87.1 cm³/mol. The fourth-order valence-electron chi connectivity index (χ4n) is 1.93. The normalized spacial score (nSPS) is 12.2. The Balaban J connectivity index is 2.15. The molecule has 0 aromatic heterocycles. The summed E-state index contributed by atoms with van der Waals surface area (Å²) in [5, 5.41) is 0.691. The van der Waals surface area contributed by atoms with Gasteiger partial charge >= 0.3 is 0 Å². The number of benzene rings is 2. The van der Waals surface area contributed by atoms with Crippen LogP contribution in [0.4, 0.5) is 0 Å². The fourth-order valence-corrected chi connectivity index (χ4v) is 2.66. The maximum atomic E-state index is 6.19. The van der Waals surface area contributed by atoms with Gasteiger partial charge < -0.3 is 10.5 Å². The van der Waals surface area contributed by atoms with E-state index in [1.807, 2.05) is 42.5 Å². The predicted octanol–water partition coefficient (Wildman–Crippen LogP) is 5.09. The van der Waals surface area contributed by atoms with E-state index in [2.05, 4.69) is 22.9 Å². The molecule has 4 heteroatoms. The molecule has 2 aromatic carbocycles. The summed E-state index contributed by atoms with van der Waals surface area (Å²) in [4.78, 5) is 0. The molecule has 0 aliphatic heterocycles. The van der Waals surface area contributed by atoms with Gasteiger partial charge in [0.15, 0.2) is 0 Å². The minimum atomic E-state index is -0.00779. The summed E-state index contributed by atoms with van der Waals surface area (Å²) >= 11 is 9.58. The molecule has 0 amide bonds. The minimum Gasteiger partial charge on any atom is -0.489 e. The number of hydrogen-bond acceptors (Lipinski definition) is 2. The quantitative estimate of drug-likeness (QED) is 0.811. The zero-order valence-corrected chi connectivity index (χ0v) is 13.6. The van der Waals surface area contributed by atoms with Gasteiger partial charge in [-0.05, 0) is 24.6 Å². The molecule has 0 bridgehead atoms. The molecular formula is C16H17BrClNO. The molecule has 0 fully saturated rings. The van der Waals surface area contributed by atoms with Crippen molar-refractivity contribution in [2.45, 2.75) is 26.0 Å². The molecule has 2 N–H and O–H groups in total. The molecule has 2 aromatic rings. The zero-order valence-electron chi connectivity index (χ0n) is 11.3. The molecule has 1 atom stereocenters. The lowest BCUT2D eigenvalue weighted by Crippen LogP contribution is -2.10. The lowest BCUT2D eigenvalue weighted by molar-refractivity contribution is 0.301. The van der Waals surface area contributed by atoms with Crippen molar-refractivity contribution < 1.29 is 4.74 Å². The van der Waals surface area contributed by atoms with E-state index in [9.17, 15) is 0 Å². The summed E-state index contributed by atoms with van der Waals surface area (Å²) in [6.45, 7) is 2.49. The highest BCUT2D eigenvalue weighted by Crippen LogP contribution is 2.28. The number of hydrogen-bond donors (Lipinski definition) is 1. The first kappa shape index (κ1) is 15.4. The second-order valence-electron chi connectivity index (χ2n) is 4.58. The molecule has 0 saturated heterocycles. The van der Waals surface area contributed by atoms with Crippen LogP contribution in [0.15, 0.2) is 46.9 Å². The summed E-state index contributed by atoms with van der Waals surface area (Å²) in [5.41, 5.74) is 8.09. The molecule has 0 radical (unpaired) electrons. The smallest absolute Gasteiger partial charge is 0.124 e. The Hall–Kier alpha value is -1.03. The highest BCUT2D eigenvalue weighted by molar-refractivity contribution is 9.10. The SMILES string of the molecule is CC[C@@H](N)c1ccccc1OCc1ccc(Br)cc1Cl. The van der Waals surface area contributed by atoms with Gasteiger partial charge in [0, 0.05) is 26.7 Å². The Morgan fingerprint density at radius 1 is 1.25 bits per heavy atom. The van der Waals surface area contributed by atoms with Crippen molar-refractivity contribution in [3.8, 4) is 5.75 Å². The first-order chi connectivity index (χ1) is 9.61. The van der Waals surface area contributed by atoms with E-state index < -0.39 is 0 Å². The van der Waals surface area contributed by atoms with Crippen molar-refractivity contribution in [3.63, 3.8) is 0 Å². The van der Waals surface area contributed by atoms with E-state index in [0.717, 1.165) is 27.8 Å². The number of ether oxygens (including phenoxy) is 1. The van der Waals surface area contributed by atoms with Gasteiger partial charge in [-0.1, -0.05) is 58.7 Å². The summed E-state index contributed by atoms with van der Waals surface area (Å²) in [7, 11) is 0. The van der Waals surface area contributed by atoms with Crippen LogP contribution in [0.1, 0.15) is 30.5 Å². The van der Waals surface area contributed by atoms with Crippen LogP contribution in [-0.4, -0.2) is 0 Å². The van der Waals surface area contributed by atoms with Gasteiger partial charge in [0.2, 0.25) is 0 Å². The van der Waals surface area contributed by atoms with Crippen molar-refractivity contribution in [2.75, 3.05) is 0 Å². The highest BCUT2D eigenvalue weighted by atomic mass is 79.9. The number of halogens is 2. The Labute approximate surface area is 133 Å². The first-order valence-corrected chi connectivity index (χ1v) is 7.70. The summed E-state index contributed by atoms with van der Waals surface area (Å²) in [5.74, 6) is 0.820. The maximum absolute atomic E-state index is 6.19. The van der Waals surface area contributed by atoms with Gasteiger partial charge in [0.1, 0.15) is 12.4 Å². The van der Waals surface area contributed by atoms with E-state index in [1.165, 1.54) is 0 Å². The van der Waals surface area contributed by atoms with Crippen LogP contribution in [-0.2, 0) is 6.61 Å². The number of rotatable bonds is 5. The van der Waals surface area contributed by atoms with Crippen molar-refractivity contribution in [2.24, 2.45) is 5.73 Å². The molecule has 0 spiro atoms. The van der Waals surface area contributed by atoms with Gasteiger partial charge in [-0.15, -0.1) is 0 Å². The summed E-state index contributed by atoms with van der Waals surface area (Å²) in [6, 6.07) is 13.6. The van der Waals surface area contributed by atoms with Gasteiger partial charge in [0.05, 0.1) is 0 Å². The topological polar surface area (TPSA) is 35.2 Å². The van der Waals surface area contributed by atoms with Gasteiger partial charge in [-0.2, -0.15) is 0 Å². The van der Waals surface area contributed by atoms with E-state index >= 15 is 0 Å². The van der Waals surface area contributed by atoms with Crippen molar-refractivity contribution in [1.82, 2.24) is 0 Å². The van der Waals surface area contributed by atoms with Gasteiger partial charge in [-0.3, -0.25) is 0 Å². The molecule has 2 nitrogen and oxygen atoms in total. The van der Waals surface area contributed by atoms with Gasteiger partial charge in [-0.25, -0.2) is 0 Å². The largest absolute Gasteiger partial charge is 0.489 e. The number of nitrogens with two attached hydrogens (primary N) is 1. The fraction of sp³-hybridized carbons (Fsp3) is 0.250. The Morgan fingerprint density at radius 2 is 2.00 bits per heavy atom. The molecule has 0 aliphatic rings. The molecule has 0 saturated carbocycles. The van der Waals surface area contributed by atoms with E-state index in [4.69, 9.17) is 22.1 Å². The average Bonchev–Trinajstić information content (AvgIpc) is 2.46. The van der Waals surface area contributed by atoms with Crippen LogP contribution < -0.4 is 10.5 Å². The Morgan fingerprint density at radius 3 is 2.70 bits per heavy atom. The zero-order chi connectivity index (χ0) is 14.5. The average molecular weight is 355 g/mol. The summed E-state index contributed by atoms with van der Waals surface area (Å²) in [6.07, 6.45) is 0.874. The van der Waals surface area contributed by atoms with E-state index in [0.29, 0.717) is 11.6 Å². The molecule has 2 rings (SSSR count). The molecule has 106 valence electrons. The first-order valence-electron chi connectivity index (χ1n) is 6.53. The molecule has 20 heavy (non-hydrogen) atoms.